The molecule has 0 saturated heterocycles. The van der Waals surface area contributed by atoms with E-state index in [1.165, 1.54) is 0 Å². The van der Waals surface area contributed by atoms with Crippen molar-refractivity contribution in [3.63, 3.8) is 0 Å². The Morgan fingerprint density at radius 3 is 2.73 bits per heavy atom. The average Bonchev–Trinajstić information content (AvgIpc) is 2.86. The molecule has 0 aliphatic heterocycles. The maximum Gasteiger partial charge on any atom is 0.263 e. The lowest BCUT2D eigenvalue weighted by Crippen LogP contribution is -2.37. The van der Waals surface area contributed by atoms with Gasteiger partial charge in [0.1, 0.15) is 17.2 Å². The smallest absolute Gasteiger partial charge is 0.263 e. The van der Waals surface area contributed by atoms with E-state index >= 15 is 0 Å². The van der Waals surface area contributed by atoms with Crippen molar-refractivity contribution in [3.05, 3.63) is 45.8 Å². The molecule has 0 aliphatic rings. The van der Waals surface area contributed by atoms with Gasteiger partial charge in [-0.3, -0.25) is 4.79 Å². The monoisotopic (exact) mass is 366 g/mol. The first-order valence-corrected chi connectivity index (χ1v) is 7.76. The number of hydrogen-bond acceptors (Lipinski definition) is 4. The number of carbonyl (C=O) groups excluding carboxylic acids is 1. The molecule has 1 amide bonds. The average molecular weight is 367 g/mol. The molecule has 5 nitrogen and oxygen atoms in total. The molecule has 0 bridgehead atoms. The van der Waals surface area contributed by atoms with Gasteiger partial charge in [0.15, 0.2) is 6.10 Å². The Morgan fingerprint density at radius 2 is 2.14 bits per heavy atom. The highest BCUT2D eigenvalue weighted by Crippen LogP contribution is 2.26. The number of ether oxygens (including phenoxy) is 1. The van der Waals surface area contributed by atoms with Crippen LogP contribution in [0.1, 0.15) is 23.9 Å². The molecule has 1 atom stereocenters. The number of nitrogens with zero attached hydrogens (tertiary/aromatic N) is 2. The van der Waals surface area contributed by atoms with Gasteiger partial charge in [-0.05, 0) is 54.4 Å². The Kier molecular flexibility index (Phi) is 5.24. The molecule has 1 aromatic heterocycles. The van der Waals surface area contributed by atoms with E-state index in [0.717, 1.165) is 21.5 Å². The van der Waals surface area contributed by atoms with E-state index < -0.39 is 6.10 Å². The zero-order valence-corrected chi connectivity index (χ0v) is 14.7. The van der Waals surface area contributed by atoms with E-state index in [-0.39, 0.29) is 5.91 Å². The van der Waals surface area contributed by atoms with Gasteiger partial charge in [-0.1, -0.05) is 11.2 Å². The van der Waals surface area contributed by atoms with E-state index in [1.54, 1.807) is 18.9 Å². The third kappa shape index (κ3) is 4.10. The van der Waals surface area contributed by atoms with Crippen molar-refractivity contribution in [2.75, 3.05) is 7.05 Å². The fourth-order valence-electron chi connectivity index (χ4n) is 2.07. The molecule has 0 radical (unpaired) electrons. The van der Waals surface area contributed by atoms with Gasteiger partial charge in [0.2, 0.25) is 0 Å². The minimum Gasteiger partial charge on any atom is -0.480 e. The van der Waals surface area contributed by atoms with Gasteiger partial charge in [-0.25, -0.2) is 0 Å². The van der Waals surface area contributed by atoms with Crippen LogP contribution in [0.25, 0.3) is 0 Å². The second kappa shape index (κ2) is 6.96. The number of rotatable bonds is 5. The Balaban J connectivity index is 1.98. The summed E-state index contributed by atoms with van der Waals surface area (Å²) in [5.41, 5.74) is 1.84. The van der Waals surface area contributed by atoms with Gasteiger partial charge in [0.05, 0.1) is 11.0 Å². The summed E-state index contributed by atoms with van der Waals surface area (Å²) in [5, 5.41) is 3.89. The van der Waals surface area contributed by atoms with Crippen LogP contribution in [-0.2, 0) is 11.3 Å². The molecule has 0 fully saturated rings. The van der Waals surface area contributed by atoms with Crippen LogP contribution >= 0.6 is 15.9 Å². The number of halogens is 1. The molecule has 1 unspecified atom stereocenters. The topological polar surface area (TPSA) is 55.6 Å². The van der Waals surface area contributed by atoms with E-state index in [1.807, 2.05) is 38.1 Å². The fraction of sp³-hybridized carbons (Fsp3) is 0.375. The van der Waals surface area contributed by atoms with Gasteiger partial charge in [-0.2, -0.15) is 0 Å². The summed E-state index contributed by atoms with van der Waals surface area (Å²) in [5.74, 6) is 1.26. The van der Waals surface area contributed by atoms with Gasteiger partial charge in [-0.15, -0.1) is 0 Å². The van der Waals surface area contributed by atoms with Crippen molar-refractivity contribution >= 4 is 21.8 Å². The normalized spacial score (nSPS) is 12.0. The number of carbonyl (C=O) groups is 1. The van der Waals surface area contributed by atoms with Gasteiger partial charge in [0, 0.05) is 13.1 Å². The highest BCUT2D eigenvalue weighted by molar-refractivity contribution is 9.10. The second-order valence-corrected chi connectivity index (χ2v) is 6.17. The highest BCUT2D eigenvalue weighted by Gasteiger charge is 2.21. The lowest BCUT2D eigenvalue weighted by molar-refractivity contribution is -0.137. The molecule has 2 rings (SSSR count). The molecule has 6 heteroatoms. The first-order valence-electron chi connectivity index (χ1n) is 6.97. The Hall–Kier alpha value is -1.82. The van der Waals surface area contributed by atoms with Crippen LogP contribution < -0.4 is 4.74 Å². The third-order valence-electron chi connectivity index (χ3n) is 3.19. The number of benzene rings is 1. The Morgan fingerprint density at radius 1 is 1.41 bits per heavy atom. The van der Waals surface area contributed by atoms with Crippen molar-refractivity contribution in [1.82, 2.24) is 10.1 Å². The van der Waals surface area contributed by atoms with Crippen molar-refractivity contribution in [1.29, 1.82) is 0 Å². The lowest BCUT2D eigenvalue weighted by atomic mass is 10.2. The van der Waals surface area contributed by atoms with Crippen molar-refractivity contribution in [2.24, 2.45) is 0 Å². The van der Waals surface area contributed by atoms with Gasteiger partial charge in [0.25, 0.3) is 5.91 Å². The highest BCUT2D eigenvalue weighted by atomic mass is 79.9. The minimum atomic E-state index is -0.586. The molecule has 0 aliphatic carbocycles. The Bertz CT molecular complexity index is 669. The predicted molar refractivity (Wildman–Crippen MR) is 86.7 cm³/mol. The van der Waals surface area contributed by atoms with Crippen molar-refractivity contribution < 1.29 is 14.1 Å². The van der Waals surface area contributed by atoms with Crippen molar-refractivity contribution in [3.8, 4) is 5.75 Å². The van der Waals surface area contributed by atoms with Crippen LogP contribution in [0.3, 0.4) is 0 Å². The maximum atomic E-state index is 12.4. The summed E-state index contributed by atoms with van der Waals surface area (Å²) >= 11 is 3.45. The maximum absolute atomic E-state index is 12.4. The minimum absolute atomic E-state index is 0.117. The molecule has 0 N–H and O–H groups in total. The predicted octanol–water partition coefficient (Wildman–Crippen LogP) is 3.48. The Labute approximate surface area is 138 Å². The first kappa shape index (κ1) is 16.5. The molecule has 1 heterocycles. The molecular formula is C16H19BrN2O3. The summed E-state index contributed by atoms with van der Waals surface area (Å²) in [6.07, 6.45) is -0.586. The van der Waals surface area contributed by atoms with Crippen molar-refractivity contribution in [2.45, 2.75) is 33.4 Å². The summed E-state index contributed by atoms with van der Waals surface area (Å²) in [7, 11) is 1.72. The number of amides is 1. The summed E-state index contributed by atoms with van der Waals surface area (Å²) in [6, 6.07) is 7.56. The third-order valence-corrected chi connectivity index (χ3v) is 3.81. The molecule has 22 heavy (non-hydrogen) atoms. The summed E-state index contributed by atoms with van der Waals surface area (Å²) in [4.78, 5) is 13.9. The van der Waals surface area contributed by atoms with Crippen LogP contribution in [0.4, 0.5) is 0 Å². The first-order chi connectivity index (χ1) is 10.4. The molecule has 0 saturated carbocycles. The number of aryl methyl sites for hydroxylation is 2. The van der Waals surface area contributed by atoms with Crippen LogP contribution in [-0.4, -0.2) is 29.1 Å². The lowest BCUT2D eigenvalue weighted by Gasteiger charge is -2.21. The molecule has 2 aromatic rings. The summed E-state index contributed by atoms with van der Waals surface area (Å²) < 4.78 is 11.6. The fourth-order valence-corrected chi connectivity index (χ4v) is 2.65. The zero-order valence-electron chi connectivity index (χ0n) is 13.1. The van der Waals surface area contributed by atoms with Crippen LogP contribution in [0.15, 0.2) is 33.3 Å². The standard InChI is InChI=1S/C16H19BrN2O3/c1-10-5-6-15(14(17)7-10)21-12(3)16(20)19(4)9-13-8-11(2)22-18-13/h5-8,12H,9H2,1-4H3. The van der Waals surface area contributed by atoms with Gasteiger partial charge < -0.3 is 14.2 Å². The van der Waals surface area contributed by atoms with E-state index in [0.29, 0.717) is 12.3 Å². The number of hydrogen-bond donors (Lipinski definition) is 0. The quantitative estimate of drug-likeness (QED) is 0.812. The molecule has 1 aromatic carbocycles. The number of likely N-dealkylation sites (N-methyl/N-ethyl adjacent to an activating group) is 1. The second-order valence-electron chi connectivity index (χ2n) is 5.32. The van der Waals surface area contributed by atoms with Crippen LogP contribution in [0.5, 0.6) is 5.75 Å². The SMILES string of the molecule is Cc1ccc(OC(C)C(=O)N(C)Cc2cc(C)on2)c(Br)c1. The van der Waals surface area contributed by atoms with Gasteiger partial charge >= 0.3 is 0 Å². The van der Waals surface area contributed by atoms with E-state index in [2.05, 4.69) is 21.1 Å². The molecular weight excluding hydrogens is 348 g/mol. The van der Waals surface area contributed by atoms with E-state index in [4.69, 9.17) is 9.26 Å². The largest absolute Gasteiger partial charge is 0.480 e. The molecule has 118 valence electrons. The number of aromatic nitrogens is 1. The zero-order chi connectivity index (χ0) is 16.3. The summed E-state index contributed by atoms with van der Waals surface area (Å²) in [6.45, 7) is 5.94. The van der Waals surface area contributed by atoms with Crippen LogP contribution in [0.2, 0.25) is 0 Å². The van der Waals surface area contributed by atoms with E-state index in [9.17, 15) is 4.79 Å². The van der Waals surface area contributed by atoms with Crippen LogP contribution in [0, 0.1) is 13.8 Å². The molecule has 0 spiro atoms.